The fourth-order valence-electron chi connectivity index (χ4n) is 2.96. The third kappa shape index (κ3) is 5.33. The average molecular weight is 435 g/mol. The van der Waals surface area contributed by atoms with Gasteiger partial charge in [0.1, 0.15) is 5.75 Å². The number of ether oxygens (including phenoxy) is 1. The molecule has 158 valence electrons. The van der Waals surface area contributed by atoms with E-state index in [-0.39, 0.29) is 19.0 Å². The molecule has 1 aromatic carbocycles. The minimum Gasteiger partial charge on any atom is -0.405 e. The van der Waals surface area contributed by atoms with Crippen LogP contribution in [-0.4, -0.2) is 37.6 Å². The van der Waals surface area contributed by atoms with Gasteiger partial charge in [-0.3, -0.25) is 14.5 Å². The molecular formula is C20H20F3N5OS. The molecule has 0 unspecified atom stereocenters. The summed E-state index contributed by atoms with van der Waals surface area (Å²) in [5, 5.41) is 4.60. The van der Waals surface area contributed by atoms with Gasteiger partial charge in [0.05, 0.1) is 6.67 Å². The first kappa shape index (κ1) is 21.7. The Morgan fingerprint density at radius 3 is 2.67 bits per heavy atom. The smallest absolute Gasteiger partial charge is 0.405 e. The Labute approximate surface area is 176 Å². The van der Waals surface area contributed by atoms with Crippen LogP contribution < -0.4 is 4.74 Å². The molecule has 0 atom stereocenters. The Morgan fingerprint density at radius 2 is 2.00 bits per heavy atom. The Kier molecular flexibility index (Phi) is 6.68. The molecule has 2 heterocycles. The molecule has 30 heavy (non-hydrogen) atoms. The summed E-state index contributed by atoms with van der Waals surface area (Å²) in [6.45, 7) is 4.72. The number of benzene rings is 1. The lowest BCUT2D eigenvalue weighted by molar-refractivity contribution is -0.275. The Morgan fingerprint density at radius 1 is 1.23 bits per heavy atom. The van der Waals surface area contributed by atoms with Gasteiger partial charge in [-0.1, -0.05) is 24.3 Å². The van der Waals surface area contributed by atoms with Crippen molar-refractivity contribution in [2.75, 3.05) is 7.05 Å². The maximum Gasteiger partial charge on any atom is 0.573 e. The number of allylic oxidation sites excluding steroid dienone is 1. The Bertz CT molecular complexity index is 1060. The highest BCUT2D eigenvalue weighted by atomic mass is 32.1. The van der Waals surface area contributed by atoms with E-state index in [0.29, 0.717) is 22.7 Å². The lowest BCUT2D eigenvalue weighted by Gasteiger charge is -2.19. The molecule has 0 spiro atoms. The third-order valence-corrected chi connectivity index (χ3v) is 4.60. The first-order valence-electron chi connectivity index (χ1n) is 8.99. The van der Waals surface area contributed by atoms with Gasteiger partial charge in [-0.2, -0.15) is 5.10 Å². The minimum atomic E-state index is -4.75. The van der Waals surface area contributed by atoms with Gasteiger partial charge >= 0.3 is 6.36 Å². The second kappa shape index (κ2) is 9.23. The maximum absolute atomic E-state index is 12.7. The quantitative estimate of drug-likeness (QED) is 0.381. The molecule has 0 fully saturated rings. The number of halogens is 3. The van der Waals surface area contributed by atoms with E-state index in [2.05, 4.69) is 21.4 Å². The van der Waals surface area contributed by atoms with Gasteiger partial charge in [0.2, 0.25) is 0 Å². The van der Waals surface area contributed by atoms with Crippen molar-refractivity contribution < 1.29 is 17.9 Å². The molecule has 0 radical (unpaired) electrons. The summed E-state index contributed by atoms with van der Waals surface area (Å²) in [6.07, 6.45) is 0.325. The monoisotopic (exact) mass is 435 g/mol. The number of nitrogens with zero attached hydrogens (tertiary/aromatic N) is 5. The summed E-state index contributed by atoms with van der Waals surface area (Å²) in [5.74, 6) is 0.413. The summed E-state index contributed by atoms with van der Waals surface area (Å²) in [5.41, 5.74) is 1.21. The largest absolute Gasteiger partial charge is 0.573 e. The van der Waals surface area contributed by atoms with Crippen molar-refractivity contribution in [1.82, 2.24) is 24.2 Å². The molecule has 2 aromatic heterocycles. The summed E-state index contributed by atoms with van der Waals surface area (Å²) in [7, 11) is 1.77. The fraction of sp³-hybridized carbons (Fsp3) is 0.250. The van der Waals surface area contributed by atoms with E-state index in [0.717, 1.165) is 5.56 Å². The summed E-state index contributed by atoms with van der Waals surface area (Å²) >= 11 is 5.55. The summed E-state index contributed by atoms with van der Waals surface area (Å²) < 4.78 is 46.0. The van der Waals surface area contributed by atoms with E-state index in [9.17, 15) is 13.2 Å². The van der Waals surface area contributed by atoms with Crippen molar-refractivity contribution in [2.24, 2.45) is 0 Å². The van der Waals surface area contributed by atoms with Crippen LogP contribution in [0.15, 0.2) is 61.4 Å². The van der Waals surface area contributed by atoms with Crippen LogP contribution in [0.4, 0.5) is 13.2 Å². The van der Waals surface area contributed by atoms with Crippen LogP contribution in [0, 0.1) is 4.77 Å². The molecule has 0 aliphatic heterocycles. The number of aromatic nitrogens is 4. The van der Waals surface area contributed by atoms with E-state index in [1.165, 1.54) is 12.1 Å². The average Bonchev–Trinajstić information content (AvgIpc) is 2.99. The van der Waals surface area contributed by atoms with Gasteiger partial charge in [0.15, 0.2) is 10.6 Å². The molecule has 0 bridgehead atoms. The molecule has 0 saturated heterocycles. The predicted octanol–water partition coefficient (Wildman–Crippen LogP) is 4.65. The number of pyridine rings is 1. The highest BCUT2D eigenvalue weighted by Crippen LogP contribution is 2.27. The van der Waals surface area contributed by atoms with Gasteiger partial charge in [0.25, 0.3) is 0 Å². The van der Waals surface area contributed by atoms with Gasteiger partial charge in [0, 0.05) is 36.6 Å². The first-order chi connectivity index (χ1) is 14.3. The van der Waals surface area contributed by atoms with Crippen molar-refractivity contribution in [3.05, 3.63) is 71.8 Å². The second-order valence-corrected chi connectivity index (χ2v) is 6.92. The zero-order valence-corrected chi connectivity index (χ0v) is 17.0. The van der Waals surface area contributed by atoms with E-state index in [4.69, 9.17) is 12.2 Å². The zero-order chi connectivity index (χ0) is 21.7. The van der Waals surface area contributed by atoms with E-state index >= 15 is 0 Å². The molecular weight excluding hydrogens is 415 g/mol. The van der Waals surface area contributed by atoms with Crippen molar-refractivity contribution in [2.45, 2.75) is 26.1 Å². The van der Waals surface area contributed by atoms with Crippen molar-refractivity contribution >= 4 is 12.2 Å². The molecule has 3 rings (SSSR count). The van der Waals surface area contributed by atoms with Crippen LogP contribution in [0.3, 0.4) is 0 Å². The number of alkyl halides is 3. The van der Waals surface area contributed by atoms with Gasteiger partial charge < -0.3 is 4.74 Å². The molecule has 0 amide bonds. The first-order valence-corrected chi connectivity index (χ1v) is 9.40. The molecule has 0 aliphatic carbocycles. The SMILES string of the molecule is C=CCn1c(-c2cccnc2)nn(CN(C)Cc2ccccc2OC(F)(F)F)c1=S. The minimum absolute atomic E-state index is 0.213. The Hall–Kier alpha value is -2.98. The predicted molar refractivity (Wildman–Crippen MR) is 109 cm³/mol. The van der Waals surface area contributed by atoms with Gasteiger partial charge in [-0.15, -0.1) is 19.8 Å². The second-order valence-electron chi connectivity index (χ2n) is 6.56. The summed E-state index contributed by atoms with van der Waals surface area (Å²) in [4.78, 5) is 5.92. The van der Waals surface area contributed by atoms with E-state index < -0.39 is 6.36 Å². The van der Waals surface area contributed by atoms with Crippen LogP contribution in [0.5, 0.6) is 5.75 Å². The number of para-hydroxylation sites is 1. The van der Waals surface area contributed by atoms with Crippen molar-refractivity contribution in [1.29, 1.82) is 0 Å². The van der Waals surface area contributed by atoms with Gasteiger partial charge in [-0.25, -0.2) is 4.68 Å². The number of hydrogen-bond donors (Lipinski definition) is 0. The maximum atomic E-state index is 12.7. The van der Waals surface area contributed by atoms with Crippen LogP contribution in [0.1, 0.15) is 5.56 Å². The standard InChI is InChI=1S/C20H20F3N5OS/c1-3-11-27-18(15-8-6-10-24-12-15)25-28(19(27)30)14-26(2)13-16-7-4-5-9-17(16)29-20(21,22)23/h3-10,12H,1,11,13-14H2,2H3. The third-order valence-electron chi connectivity index (χ3n) is 4.17. The molecule has 0 saturated carbocycles. The van der Waals surface area contributed by atoms with Crippen LogP contribution in [0.25, 0.3) is 11.4 Å². The number of hydrogen-bond acceptors (Lipinski definition) is 5. The van der Waals surface area contributed by atoms with Crippen LogP contribution in [0.2, 0.25) is 0 Å². The van der Waals surface area contributed by atoms with Crippen molar-refractivity contribution in [3.8, 4) is 17.1 Å². The fourth-order valence-corrected chi connectivity index (χ4v) is 3.22. The zero-order valence-electron chi connectivity index (χ0n) is 16.2. The lowest BCUT2D eigenvalue weighted by atomic mass is 10.2. The normalized spacial score (nSPS) is 11.6. The topological polar surface area (TPSA) is 48.1 Å². The molecule has 6 nitrogen and oxygen atoms in total. The van der Waals surface area contributed by atoms with E-state index in [1.54, 1.807) is 53.3 Å². The van der Waals surface area contributed by atoms with Crippen molar-refractivity contribution in [3.63, 3.8) is 0 Å². The molecule has 3 aromatic rings. The molecule has 10 heteroatoms. The lowest BCUT2D eigenvalue weighted by Crippen LogP contribution is -2.24. The highest BCUT2D eigenvalue weighted by molar-refractivity contribution is 7.71. The van der Waals surface area contributed by atoms with Crippen LogP contribution in [-0.2, 0) is 19.8 Å². The summed E-state index contributed by atoms with van der Waals surface area (Å²) in [6, 6.07) is 9.73. The Balaban J connectivity index is 1.84. The molecule has 0 aliphatic rings. The van der Waals surface area contributed by atoms with E-state index in [1.807, 2.05) is 10.6 Å². The van der Waals surface area contributed by atoms with Crippen LogP contribution >= 0.6 is 12.2 Å². The highest BCUT2D eigenvalue weighted by Gasteiger charge is 2.32. The van der Waals surface area contributed by atoms with Gasteiger partial charge in [-0.05, 0) is 37.5 Å². The number of rotatable bonds is 8. The molecule has 0 N–H and O–H groups in total.